The number of hydrogen-bond acceptors (Lipinski definition) is 2. The van der Waals surface area contributed by atoms with Gasteiger partial charge in [-0.15, -0.1) is 0 Å². The van der Waals surface area contributed by atoms with Crippen LogP contribution >= 0.6 is 0 Å². The van der Waals surface area contributed by atoms with Gasteiger partial charge < -0.3 is 5.43 Å². The number of hydrogen-bond donors (Lipinski definition) is 2. The summed E-state index contributed by atoms with van der Waals surface area (Å²) in [5.74, 6) is 3.45. The Morgan fingerprint density at radius 3 is 2.39 bits per heavy atom. The highest BCUT2D eigenvalue weighted by atomic mass is 19.2. The Morgan fingerprint density at radius 2 is 1.72 bits per heavy atom. The van der Waals surface area contributed by atoms with Crippen molar-refractivity contribution in [3.63, 3.8) is 0 Å². The molecule has 0 aliphatic rings. The van der Waals surface area contributed by atoms with Crippen LogP contribution < -0.4 is 11.3 Å². The highest BCUT2D eigenvalue weighted by Gasteiger charge is 2.12. The first kappa shape index (κ1) is 12.2. The standard InChI is InChI=1S/C13H11F2N3/c14-11-8-4-7-10(12(11)15)13(18-16)17-9-5-2-1-3-6-9/h1-8H,16H2,(H,17,18). The second kappa shape index (κ2) is 5.37. The minimum atomic E-state index is -0.981. The number of rotatable bonds is 2. The molecule has 18 heavy (non-hydrogen) atoms. The Bertz CT molecular complexity index is 568. The average Bonchev–Trinajstić information content (AvgIpc) is 2.41. The molecule has 5 heteroatoms. The first-order valence-electron chi connectivity index (χ1n) is 5.27. The Morgan fingerprint density at radius 1 is 1.00 bits per heavy atom. The van der Waals surface area contributed by atoms with Gasteiger partial charge in [0.05, 0.1) is 11.3 Å². The Labute approximate surface area is 103 Å². The maximum Gasteiger partial charge on any atom is 0.169 e. The second-order valence-electron chi connectivity index (χ2n) is 3.54. The van der Waals surface area contributed by atoms with E-state index in [1.54, 1.807) is 24.3 Å². The molecule has 0 bridgehead atoms. The number of nitrogens with one attached hydrogen (secondary N) is 1. The average molecular weight is 247 g/mol. The molecular weight excluding hydrogens is 236 g/mol. The molecule has 0 aliphatic heterocycles. The van der Waals surface area contributed by atoms with Crippen molar-refractivity contribution in [1.29, 1.82) is 0 Å². The minimum absolute atomic E-state index is 0.0126. The van der Waals surface area contributed by atoms with Crippen molar-refractivity contribution in [2.45, 2.75) is 0 Å². The predicted octanol–water partition coefficient (Wildman–Crippen LogP) is 2.51. The highest BCUT2D eigenvalue weighted by molar-refractivity contribution is 6.00. The van der Waals surface area contributed by atoms with Crippen LogP contribution in [0.15, 0.2) is 53.5 Å². The van der Waals surface area contributed by atoms with E-state index in [9.17, 15) is 8.78 Å². The number of nitrogens with zero attached hydrogens (tertiary/aromatic N) is 1. The third-order valence-corrected chi connectivity index (χ3v) is 2.34. The Balaban J connectivity index is 2.46. The maximum absolute atomic E-state index is 13.6. The zero-order valence-corrected chi connectivity index (χ0v) is 9.40. The van der Waals surface area contributed by atoms with E-state index in [1.807, 2.05) is 6.07 Å². The Kier molecular flexibility index (Phi) is 3.64. The number of nitrogens with two attached hydrogens (primary N) is 1. The summed E-state index contributed by atoms with van der Waals surface area (Å²) in [5, 5.41) is 0. The molecule has 0 atom stereocenters. The van der Waals surface area contributed by atoms with Gasteiger partial charge in [0.25, 0.3) is 0 Å². The van der Waals surface area contributed by atoms with Crippen LogP contribution in [0.2, 0.25) is 0 Å². The van der Waals surface area contributed by atoms with Gasteiger partial charge in [0.15, 0.2) is 17.5 Å². The molecule has 0 saturated heterocycles. The fourth-order valence-electron chi connectivity index (χ4n) is 1.49. The first-order chi connectivity index (χ1) is 8.72. The van der Waals surface area contributed by atoms with Crippen LogP contribution in [0.3, 0.4) is 0 Å². The SMILES string of the molecule is NNC(=Nc1ccccc1)c1cccc(F)c1F. The van der Waals surface area contributed by atoms with Crippen LogP contribution in [0.5, 0.6) is 0 Å². The summed E-state index contributed by atoms with van der Waals surface area (Å²) in [6, 6.07) is 12.7. The van der Waals surface area contributed by atoms with Crippen molar-refractivity contribution in [1.82, 2.24) is 5.43 Å². The number of para-hydroxylation sites is 1. The summed E-state index contributed by atoms with van der Waals surface area (Å²) in [4.78, 5) is 4.12. The van der Waals surface area contributed by atoms with E-state index in [2.05, 4.69) is 10.4 Å². The van der Waals surface area contributed by atoms with E-state index in [0.717, 1.165) is 6.07 Å². The van der Waals surface area contributed by atoms with E-state index in [-0.39, 0.29) is 11.4 Å². The van der Waals surface area contributed by atoms with Crippen LogP contribution in [0.25, 0.3) is 0 Å². The third-order valence-electron chi connectivity index (χ3n) is 2.34. The van der Waals surface area contributed by atoms with Gasteiger partial charge in [-0.1, -0.05) is 24.3 Å². The molecule has 3 nitrogen and oxygen atoms in total. The number of halogens is 2. The molecular formula is C13H11F2N3. The van der Waals surface area contributed by atoms with Gasteiger partial charge in [0, 0.05) is 0 Å². The van der Waals surface area contributed by atoms with Gasteiger partial charge in [0.2, 0.25) is 0 Å². The van der Waals surface area contributed by atoms with Crippen LogP contribution in [0.4, 0.5) is 14.5 Å². The van der Waals surface area contributed by atoms with Gasteiger partial charge in [-0.25, -0.2) is 19.6 Å². The predicted molar refractivity (Wildman–Crippen MR) is 66.3 cm³/mol. The fourth-order valence-corrected chi connectivity index (χ4v) is 1.49. The quantitative estimate of drug-likeness (QED) is 0.371. The molecule has 0 aliphatic carbocycles. The molecule has 0 spiro atoms. The van der Waals surface area contributed by atoms with Crippen molar-refractivity contribution < 1.29 is 8.78 Å². The van der Waals surface area contributed by atoms with Crippen LogP contribution in [-0.4, -0.2) is 5.84 Å². The van der Waals surface area contributed by atoms with Crippen molar-refractivity contribution in [3.05, 3.63) is 65.7 Å². The molecule has 0 aromatic heterocycles. The lowest BCUT2D eigenvalue weighted by Crippen LogP contribution is -2.31. The topological polar surface area (TPSA) is 50.4 Å². The summed E-state index contributed by atoms with van der Waals surface area (Å²) in [5.41, 5.74) is 2.86. The number of hydrazine groups is 1. The fraction of sp³-hybridized carbons (Fsp3) is 0. The largest absolute Gasteiger partial charge is 0.308 e. The zero-order chi connectivity index (χ0) is 13.0. The number of amidine groups is 1. The maximum atomic E-state index is 13.6. The minimum Gasteiger partial charge on any atom is -0.308 e. The monoisotopic (exact) mass is 247 g/mol. The molecule has 92 valence electrons. The van der Waals surface area contributed by atoms with Gasteiger partial charge >= 0.3 is 0 Å². The van der Waals surface area contributed by atoms with Gasteiger partial charge in [-0.2, -0.15) is 0 Å². The zero-order valence-electron chi connectivity index (χ0n) is 9.40. The van der Waals surface area contributed by atoms with Crippen LogP contribution in [-0.2, 0) is 0 Å². The third kappa shape index (κ3) is 2.52. The number of benzene rings is 2. The highest BCUT2D eigenvalue weighted by Crippen LogP contribution is 2.15. The molecule has 0 radical (unpaired) electrons. The summed E-state index contributed by atoms with van der Waals surface area (Å²) < 4.78 is 26.7. The molecule has 2 aromatic carbocycles. The van der Waals surface area contributed by atoms with Crippen LogP contribution in [0.1, 0.15) is 5.56 Å². The van der Waals surface area contributed by atoms with E-state index in [1.165, 1.54) is 12.1 Å². The summed E-state index contributed by atoms with van der Waals surface area (Å²) in [6.45, 7) is 0. The molecule has 0 saturated carbocycles. The molecule has 3 N–H and O–H groups in total. The number of aliphatic imine (C=N–C) groups is 1. The van der Waals surface area contributed by atoms with Crippen molar-refractivity contribution >= 4 is 11.5 Å². The van der Waals surface area contributed by atoms with E-state index in [4.69, 9.17) is 5.84 Å². The molecule has 0 unspecified atom stereocenters. The Hall–Kier alpha value is -2.27. The summed E-state index contributed by atoms with van der Waals surface area (Å²) in [6.07, 6.45) is 0. The summed E-state index contributed by atoms with van der Waals surface area (Å²) >= 11 is 0. The molecule has 0 heterocycles. The van der Waals surface area contributed by atoms with Gasteiger partial charge in [-0.3, -0.25) is 0 Å². The van der Waals surface area contributed by atoms with Crippen LogP contribution in [0, 0.1) is 11.6 Å². The van der Waals surface area contributed by atoms with Crippen molar-refractivity contribution in [3.8, 4) is 0 Å². The lowest BCUT2D eigenvalue weighted by Gasteiger charge is -2.07. The first-order valence-corrected chi connectivity index (χ1v) is 5.27. The summed E-state index contributed by atoms with van der Waals surface area (Å²) in [7, 11) is 0. The van der Waals surface area contributed by atoms with E-state index < -0.39 is 11.6 Å². The second-order valence-corrected chi connectivity index (χ2v) is 3.54. The van der Waals surface area contributed by atoms with Crippen molar-refractivity contribution in [2.24, 2.45) is 10.8 Å². The van der Waals surface area contributed by atoms with Gasteiger partial charge in [-0.05, 0) is 24.3 Å². The molecule has 2 aromatic rings. The van der Waals surface area contributed by atoms with E-state index in [0.29, 0.717) is 5.69 Å². The smallest absolute Gasteiger partial charge is 0.169 e. The molecule has 2 rings (SSSR count). The molecule has 0 amide bonds. The van der Waals surface area contributed by atoms with E-state index >= 15 is 0 Å². The molecule has 0 fully saturated rings. The lowest BCUT2D eigenvalue weighted by atomic mass is 10.2. The lowest BCUT2D eigenvalue weighted by molar-refractivity contribution is 0.506. The van der Waals surface area contributed by atoms with Crippen molar-refractivity contribution in [2.75, 3.05) is 0 Å². The van der Waals surface area contributed by atoms with Gasteiger partial charge in [0.1, 0.15) is 0 Å². The normalized spacial score (nSPS) is 11.4.